The van der Waals surface area contributed by atoms with E-state index in [9.17, 15) is 0 Å². The van der Waals surface area contributed by atoms with E-state index in [1.54, 1.807) is 0 Å². The van der Waals surface area contributed by atoms with Crippen molar-refractivity contribution in [2.75, 3.05) is 13.1 Å². The van der Waals surface area contributed by atoms with E-state index in [1.165, 1.54) is 44.3 Å². The predicted molar refractivity (Wildman–Crippen MR) is 61.7 cm³/mol. The second kappa shape index (κ2) is 4.79. The summed E-state index contributed by atoms with van der Waals surface area (Å²) in [5, 5.41) is 4.27. The summed E-state index contributed by atoms with van der Waals surface area (Å²) in [7, 11) is 1.99. The number of aromatic nitrogens is 2. The Bertz CT molecular complexity index is 306. The Kier molecular flexibility index (Phi) is 3.41. The number of nitrogens with zero attached hydrogens (tertiary/aromatic N) is 3. The average molecular weight is 207 g/mol. The number of rotatable bonds is 4. The SMILES string of the molecule is CCCCN1CCC[C@H]1c1cnn(C)c1. The van der Waals surface area contributed by atoms with Crippen molar-refractivity contribution < 1.29 is 0 Å². The maximum absolute atomic E-state index is 4.27. The van der Waals surface area contributed by atoms with E-state index in [4.69, 9.17) is 0 Å². The van der Waals surface area contributed by atoms with Crippen LogP contribution in [0.4, 0.5) is 0 Å². The highest BCUT2D eigenvalue weighted by atomic mass is 15.3. The Morgan fingerprint density at radius 3 is 3.07 bits per heavy atom. The summed E-state index contributed by atoms with van der Waals surface area (Å²) in [6.45, 7) is 4.77. The third kappa shape index (κ3) is 2.40. The number of unbranched alkanes of at least 4 members (excludes halogenated alkanes) is 1. The molecule has 84 valence electrons. The molecular formula is C12H21N3. The van der Waals surface area contributed by atoms with Crippen molar-refractivity contribution in [1.29, 1.82) is 0 Å². The van der Waals surface area contributed by atoms with Crippen LogP contribution in [0.15, 0.2) is 12.4 Å². The zero-order valence-corrected chi connectivity index (χ0v) is 9.82. The third-order valence-corrected chi connectivity index (χ3v) is 3.27. The molecule has 0 radical (unpaired) electrons. The fourth-order valence-electron chi connectivity index (χ4n) is 2.44. The molecule has 0 amide bonds. The van der Waals surface area contributed by atoms with Gasteiger partial charge in [0.2, 0.25) is 0 Å². The maximum atomic E-state index is 4.27. The van der Waals surface area contributed by atoms with Crippen molar-refractivity contribution in [1.82, 2.24) is 14.7 Å². The van der Waals surface area contributed by atoms with Crippen molar-refractivity contribution in [3.63, 3.8) is 0 Å². The second-order valence-electron chi connectivity index (χ2n) is 4.49. The third-order valence-electron chi connectivity index (χ3n) is 3.27. The van der Waals surface area contributed by atoms with Gasteiger partial charge in [-0.05, 0) is 32.4 Å². The lowest BCUT2D eigenvalue weighted by atomic mass is 10.1. The molecule has 3 heteroatoms. The number of hydrogen-bond donors (Lipinski definition) is 0. The lowest BCUT2D eigenvalue weighted by molar-refractivity contribution is 0.253. The summed E-state index contributed by atoms with van der Waals surface area (Å²) < 4.78 is 1.91. The van der Waals surface area contributed by atoms with Gasteiger partial charge in [-0.3, -0.25) is 9.58 Å². The van der Waals surface area contributed by atoms with Gasteiger partial charge in [0.1, 0.15) is 0 Å². The number of hydrogen-bond acceptors (Lipinski definition) is 2. The minimum atomic E-state index is 0.630. The molecule has 0 aromatic carbocycles. The molecule has 0 aliphatic carbocycles. The van der Waals surface area contributed by atoms with Crippen LogP contribution in [-0.4, -0.2) is 27.8 Å². The highest BCUT2D eigenvalue weighted by molar-refractivity contribution is 5.12. The molecule has 1 aliphatic heterocycles. The summed E-state index contributed by atoms with van der Waals surface area (Å²) in [5.41, 5.74) is 1.39. The van der Waals surface area contributed by atoms with Crippen molar-refractivity contribution >= 4 is 0 Å². The van der Waals surface area contributed by atoms with Crippen LogP contribution in [0.3, 0.4) is 0 Å². The number of aryl methyl sites for hydroxylation is 1. The van der Waals surface area contributed by atoms with Crippen LogP contribution in [-0.2, 0) is 7.05 Å². The van der Waals surface area contributed by atoms with Gasteiger partial charge in [-0.25, -0.2) is 0 Å². The first-order valence-corrected chi connectivity index (χ1v) is 6.04. The largest absolute Gasteiger partial charge is 0.296 e. The van der Waals surface area contributed by atoms with E-state index in [0.717, 1.165) is 0 Å². The lowest BCUT2D eigenvalue weighted by Gasteiger charge is -2.23. The fourth-order valence-corrected chi connectivity index (χ4v) is 2.44. The fraction of sp³-hybridized carbons (Fsp3) is 0.750. The average Bonchev–Trinajstić information content (AvgIpc) is 2.82. The smallest absolute Gasteiger partial charge is 0.0537 e. The highest BCUT2D eigenvalue weighted by Crippen LogP contribution is 2.31. The Balaban J connectivity index is 2.01. The van der Waals surface area contributed by atoms with Gasteiger partial charge in [-0.2, -0.15) is 5.10 Å². The second-order valence-corrected chi connectivity index (χ2v) is 4.49. The van der Waals surface area contributed by atoms with E-state index in [1.807, 2.05) is 17.9 Å². The molecule has 0 spiro atoms. The van der Waals surface area contributed by atoms with Crippen LogP contribution >= 0.6 is 0 Å². The first-order chi connectivity index (χ1) is 7.31. The summed E-state index contributed by atoms with van der Waals surface area (Å²) in [5.74, 6) is 0. The molecule has 2 heterocycles. The Morgan fingerprint density at radius 1 is 1.53 bits per heavy atom. The van der Waals surface area contributed by atoms with Crippen LogP contribution in [0.5, 0.6) is 0 Å². The van der Waals surface area contributed by atoms with Crippen LogP contribution in [0, 0.1) is 0 Å². The van der Waals surface area contributed by atoms with Gasteiger partial charge >= 0.3 is 0 Å². The zero-order chi connectivity index (χ0) is 10.7. The monoisotopic (exact) mass is 207 g/mol. The number of likely N-dealkylation sites (tertiary alicyclic amines) is 1. The molecular weight excluding hydrogens is 186 g/mol. The topological polar surface area (TPSA) is 21.1 Å². The standard InChI is InChI=1S/C12H21N3/c1-3-4-7-15-8-5-6-12(15)11-9-13-14(2)10-11/h9-10,12H,3-8H2,1-2H3/t12-/m0/s1. The van der Waals surface area contributed by atoms with Crippen molar-refractivity contribution in [2.45, 2.75) is 38.6 Å². The van der Waals surface area contributed by atoms with Gasteiger partial charge in [-0.15, -0.1) is 0 Å². The molecule has 0 saturated carbocycles. The summed E-state index contributed by atoms with van der Waals surface area (Å²) in [6, 6.07) is 0.630. The molecule has 1 saturated heterocycles. The Hall–Kier alpha value is -0.830. The van der Waals surface area contributed by atoms with Crippen molar-refractivity contribution in [3.8, 4) is 0 Å². The van der Waals surface area contributed by atoms with E-state index >= 15 is 0 Å². The Labute approximate surface area is 92.1 Å². The minimum absolute atomic E-state index is 0.630. The van der Waals surface area contributed by atoms with Gasteiger partial charge < -0.3 is 0 Å². The molecule has 0 N–H and O–H groups in total. The summed E-state index contributed by atoms with van der Waals surface area (Å²) in [6.07, 6.45) is 9.43. The first-order valence-electron chi connectivity index (χ1n) is 6.04. The van der Waals surface area contributed by atoms with Crippen LogP contribution in [0.25, 0.3) is 0 Å². The van der Waals surface area contributed by atoms with Gasteiger partial charge in [-0.1, -0.05) is 13.3 Å². The molecule has 2 rings (SSSR count). The highest BCUT2D eigenvalue weighted by Gasteiger charge is 2.25. The molecule has 15 heavy (non-hydrogen) atoms. The minimum Gasteiger partial charge on any atom is -0.296 e. The van der Waals surface area contributed by atoms with Gasteiger partial charge in [0.05, 0.1) is 6.20 Å². The Morgan fingerprint density at radius 2 is 2.40 bits per heavy atom. The van der Waals surface area contributed by atoms with E-state index < -0.39 is 0 Å². The summed E-state index contributed by atoms with van der Waals surface area (Å²) >= 11 is 0. The van der Waals surface area contributed by atoms with E-state index in [0.29, 0.717) is 6.04 Å². The molecule has 3 nitrogen and oxygen atoms in total. The van der Waals surface area contributed by atoms with Gasteiger partial charge in [0, 0.05) is 24.8 Å². The van der Waals surface area contributed by atoms with E-state index in [2.05, 4.69) is 23.1 Å². The van der Waals surface area contributed by atoms with Gasteiger partial charge in [0.25, 0.3) is 0 Å². The summed E-state index contributed by atoms with van der Waals surface area (Å²) in [4.78, 5) is 2.61. The molecule has 1 fully saturated rings. The zero-order valence-electron chi connectivity index (χ0n) is 9.82. The van der Waals surface area contributed by atoms with Crippen LogP contribution < -0.4 is 0 Å². The van der Waals surface area contributed by atoms with Crippen LogP contribution in [0.2, 0.25) is 0 Å². The molecule has 1 aromatic rings. The molecule has 0 bridgehead atoms. The quantitative estimate of drug-likeness (QED) is 0.755. The molecule has 0 unspecified atom stereocenters. The molecule has 1 aromatic heterocycles. The van der Waals surface area contributed by atoms with Crippen molar-refractivity contribution in [3.05, 3.63) is 18.0 Å². The molecule has 1 aliphatic rings. The molecule has 1 atom stereocenters. The lowest BCUT2D eigenvalue weighted by Crippen LogP contribution is -2.24. The van der Waals surface area contributed by atoms with E-state index in [-0.39, 0.29) is 0 Å². The van der Waals surface area contributed by atoms with Crippen molar-refractivity contribution in [2.24, 2.45) is 7.05 Å². The van der Waals surface area contributed by atoms with Gasteiger partial charge in [0.15, 0.2) is 0 Å². The van der Waals surface area contributed by atoms with Crippen LogP contribution in [0.1, 0.15) is 44.2 Å². The maximum Gasteiger partial charge on any atom is 0.0537 e. The normalized spacial score (nSPS) is 22.4. The predicted octanol–water partition coefficient (Wildman–Crippen LogP) is 2.36. The first kappa shape index (κ1) is 10.7.